The Hall–Kier alpha value is -2.07. The first-order valence-corrected chi connectivity index (χ1v) is 6.80. The molecule has 0 aliphatic carbocycles. The molecule has 106 valence electrons. The van der Waals surface area contributed by atoms with Crippen LogP contribution >= 0.6 is 0 Å². The van der Waals surface area contributed by atoms with Gasteiger partial charge in [-0.3, -0.25) is 4.98 Å². The number of aromatic hydroxyl groups is 1. The molecule has 4 heteroatoms. The van der Waals surface area contributed by atoms with Crippen molar-refractivity contribution in [2.24, 2.45) is 0 Å². The van der Waals surface area contributed by atoms with Gasteiger partial charge in [-0.2, -0.15) is 0 Å². The Labute approximate surface area is 119 Å². The molecule has 20 heavy (non-hydrogen) atoms. The zero-order valence-corrected chi connectivity index (χ0v) is 11.8. The van der Waals surface area contributed by atoms with Crippen molar-refractivity contribution in [1.29, 1.82) is 0 Å². The summed E-state index contributed by atoms with van der Waals surface area (Å²) < 4.78 is 5.38. The maximum Gasteiger partial charge on any atom is 0.162 e. The second-order valence-electron chi connectivity index (χ2n) is 4.55. The highest BCUT2D eigenvalue weighted by molar-refractivity contribution is 5.45. The Kier molecular flexibility index (Phi) is 4.96. The maximum atomic E-state index is 10.1. The van der Waals surface area contributed by atoms with Crippen LogP contribution in [-0.2, 0) is 6.54 Å². The number of nitrogens with one attached hydrogen (secondary N) is 1. The molecule has 0 unspecified atom stereocenters. The summed E-state index contributed by atoms with van der Waals surface area (Å²) in [5.74, 6) is 0.729. The zero-order chi connectivity index (χ0) is 14.4. The molecule has 1 aromatic heterocycles. The number of para-hydroxylation sites is 1. The fourth-order valence-electron chi connectivity index (χ4n) is 1.98. The first kappa shape index (κ1) is 14.3. The molecule has 0 aliphatic heterocycles. The molecule has 0 amide bonds. The van der Waals surface area contributed by atoms with Gasteiger partial charge in [-0.1, -0.05) is 18.2 Å². The third-order valence-corrected chi connectivity index (χ3v) is 3.11. The first-order chi connectivity index (χ1) is 9.72. The van der Waals surface area contributed by atoms with E-state index in [4.69, 9.17) is 4.74 Å². The highest BCUT2D eigenvalue weighted by atomic mass is 16.5. The van der Waals surface area contributed by atoms with E-state index in [0.29, 0.717) is 18.9 Å². The van der Waals surface area contributed by atoms with Gasteiger partial charge in [0.05, 0.1) is 12.3 Å². The molecule has 2 rings (SSSR count). The van der Waals surface area contributed by atoms with E-state index >= 15 is 0 Å². The van der Waals surface area contributed by atoms with Crippen LogP contribution < -0.4 is 10.1 Å². The van der Waals surface area contributed by atoms with E-state index in [1.54, 1.807) is 12.3 Å². The summed E-state index contributed by atoms with van der Waals surface area (Å²) in [7, 11) is 0. The molecule has 0 bridgehead atoms. The summed E-state index contributed by atoms with van der Waals surface area (Å²) in [5.41, 5.74) is 1.80. The average molecular weight is 272 g/mol. The van der Waals surface area contributed by atoms with E-state index in [2.05, 4.69) is 10.3 Å². The lowest BCUT2D eigenvalue weighted by molar-refractivity contribution is 0.316. The predicted octanol–water partition coefficient (Wildman–Crippen LogP) is 3.04. The van der Waals surface area contributed by atoms with Gasteiger partial charge >= 0.3 is 0 Å². The van der Waals surface area contributed by atoms with Crippen LogP contribution in [0.5, 0.6) is 11.5 Å². The van der Waals surface area contributed by atoms with Crippen LogP contribution in [0.3, 0.4) is 0 Å². The van der Waals surface area contributed by atoms with E-state index in [1.165, 1.54) is 0 Å². The summed E-state index contributed by atoms with van der Waals surface area (Å²) >= 11 is 0. The van der Waals surface area contributed by atoms with Gasteiger partial charge in [-0.15, -0.1) is 0 Å². The molecule has 1 heterocycles. The molecule has 1 aromatic carbocycles. The van der Waals surface area contributed by atoms with Crippen LogP contribution in [0, 0.1) is 0 Å². The number of hydrogen-bond donors (Lipinski definition) is 2. The van der Waals surface area contributed by atoms with Gasteiger partial charge in [0.25, 0.3) is 0 Å². The quantitative estimate of drug-likeness (QED) is 0.848. The van der Waals surface area contributed by atoms with Crippen LogP contribution in [0.2, 0.25) is 0 Å². The number of phenols is 1. The van der Waals surface area contributed by atoms with Crippen molar-refractivity contribution < 1.29 is 9.84 Å². The normalized spacial score (nSPS) is 12.1. The molecule has 0 spiro atoms. The Morgan fingerprint density at radius 1 is 1.25 bits per heavy atom. The van der Waals surface area contributed by atoms with Crippen molar-refractivity contribution in [2.75, 3.05) is 6.61 Å². The standard InChI is InChI=1S/C16H20N2O2/c1-3-20-15-9-6-7-13(16(15)19)11-18-12(2)14-8-4-5-10-17-14/h4-10,12,18-19H,3,11H2,1-2H3/t12-/m0/s1. The summed E-state index contributed by atoms with van der Waals surface area (Å²) in [5, 5.41) is 13.5. The number of pyridine rings is 1. The smallest absolute Gasteiger partial charge is 0.162 e. The van der Waals surface area contributed by atoms with Gasteiger partial charge < -0.3 is 15.2 Å². The van der Waals surface area contributed by atoms with Crippen LogP contribution in [-0.4, -0.2) is 16.7 Å². The molecule has 2 aromatic rings. The van der Waals surface area contributed by atoms with Gasteiger partial charge in [-0.25, -0.2) is 0 Å². The lowest BCUT2D eigenvalue weighted by atomic mass is 10.1. The topological polar surface area (TPSA) is 54.4 Å². The van der Waals surface area contributed by atoms with Crippen molar-refractivity contribution in [3.63, 3.8) is 0 Å². The highest BCUT2D eigenvalue weighted by Gasteiger charge is 2.10. The van der Waals surface area contributed by atoms with E-state index in [1.807, 2.05) is 44.2 Å². The third kappa shape index (κ3) is 3.48. The van der Waals surface area contributed by atoms with E-state index < -0.39 is 0 Å². The predicted molar refractivity (Wildman–Crippen MR) is 78.8 cm³/mol. The Morgan fingerprint density at radius 3 is 2.80 bits per heavy atom. The van der Waals surface area contributed by atoms with Gasteiger partial charge in [0.2, 0.25) is 0 Å². The molecule has 0 saturated heterocycles. The van der Waals surface area contributed by atoms with Crippen LogP contribution in [0.4, 0.5) is 0 Å². The number of benzene rings is 1. The van der Waals surface area contributed by atoms with Crippen LogP contribution in [0.15, 0.2) is 42.6 Å². The largest absolute Gasteiger partial charge is 0.504 e. The number of nitrogens with zero attached hydrogens (tertiary/aromatic N) is 1. The molecule has 1 atom stereocenters. The minimum atomic E-state index is 0.117. The zero-order valence-electron chi connectivity index (χ0n) is 11.8. The van der Waals surface area contributed by atoms with E-state index in [9.17, 15) is 5.11 Å². The number of rotatable bonds is 6. The lowest BCUT2D eigenvalue weighted by Gasteiger charge is -2.15. The molecule has 0 fully saturated rings. The lowest BCUT2D eigenvalue weighted by Crippen LogP contribution is -2.19. The average Bonchev–Trinajstić information content (AvgIpc) is 2.49. The third-order valence-electron chi connectivity index (χ3n) is 3.11. The van der Waals surface area contributed by atoms with Crippen molar-refractivity contribution in [2.45, 2.75) is 26.4 Å². The molecular formula is C16H20N2O2. The summed E-state index contributed by atoms with van der Waals surface area (Å²) in [4.78, 5) is 4.31. The number of ether oxygens (including phenoxy) is 1. The van der Waals surface area contributed by atoms with E-state index in [-0.39, 0.29) is 11.8 Å². The minimum Gasteiger partial charge on any atom is -0.504 e. The summed E-state index contributed by atoms with van der Waals surface area (Å²) in [6.45, 7) is 5.04. The fraction of sp³-hybridized carbons (Fsp3) is 0.312. The molecule has 0 aliphatic rings. The molecule has 0 saturated carbocycles. The number of hydrogen-bond acceptors (Lipinski definition) is 4. The van der Waals surface area contributed by atoms with Crippen molar-refractivity contribution in [3.05, 3.63) is 53.9 Å². The van der Waals surface area contributed by atoms with Gasteiger partial charge in [0.15, 0.2) is 11.5 Å². The van der Waals surface area contributed by atoms with E-state index in [0.717, 1.165) is 11.3 Å². The SMILES string of the molecule is CCOc1cccc(CN[C@@H](C)c2ccccn2)c1O. The Bertz CT molecular complexity index is 543. The number of phenolic OH excluding ortho intramolecular Hbond substituents is 1. The molecule has 0 radical (unpaired) electrons. The van der Waals surface area contributed by atoms with Crippen LogP contribution in [0.25, 0.3) is 0 Å². The van der Waals surface area contributed by atoms with Crippen molar-refractivity contribution in [1.82, 2.24) is 10.3 Å². The molecule has 2 N–H and O–H groups in total. The second kappa shape index (κ2) is 6.91. The van der Waals surface area contributed by atoms with Crippen molar-refractivity contribution >= 4 is 0 Å². The highest BCUT2D eigenvalue weighted by Crippen LogP contribution is 2.29. The Morgan fingerprint density at radius 2 is 2.10 bits per heavy atom. The Balaban J connectivity index is 2.02. The molecule has 4 nitrogen and oxygen atoms in total. The summed E-state index contributed by atoms with van der Waals surface area (Å²) in [6.07, 6.45) is 1.78. The van der Waals surface area contributed by atoms with Crippen molar-refractivity contribution in [3.8, 4) is 11.5 Å². The minimum absolute atomic E-state index is 0.117. The summed E-state index contributed by atoms with van der Waals surface area (Å²) in [6, 6.07) is 11.5. The van der Waals surface area contributed by atoms with Gasteiger partial charge in [-0.05, 0) is 32.0 Å². The fourth-order valence-corrected chi connectivity index (χ4v) is 1.98. The monoisotopic (exact) mass is 272 g/mol. The van der Waals surface area contributed by atoms with Gasteiger partial charge in [0.1, 0.15) is 0 Å². The maximum absolute atomic E-state index is 10.1. The first-order valence-electron chi connectivity index (χ1n) is 6.80. The van der Waals surface area contributed by atoms with Crippen LogP contribution in [0.1, 0.15) is 31.1 Å². The van der Waals surface area contributed by atoms with Gasteiger partial charge in [0, 0.05) is 24.3 Å². The number of aromatic nitrogens is 1. The molecular weight excluding hydrogens is 252 g/mol. The second-order valence-corrected chi connectivity index (χ2v) is 4.55.